The molecule has 0 fully saturated rings. The van der Waals surface area contributed by atoms with Gasteiger partial charge < -0.3 is 14.8 Å². The number of hydrogen-bond acceptors (Lipinski definition) is 5. The lowest BCUT2D eigenvalue weighted by Crippen LogP contribution is -2.32. The van der Waals surface area contributed by atoms with E-state index in [1.54, 1.807) is 0 Å². The fourth-order valence-electron chi connectivity index (χ4n) is 2.68. The number of aryl methyl sites for hydroxylation is 1. The maximum atomic E-state index is 4.35. The van der Waals surface area contributed by atoms with E-state index in [2.05, 4.69) is 38.8 Å². The van der Waals surface area contributed by atoms with Gasteiger partial charge in [0.1, 0.15) is 5.82 Å². The van der Waals surface area contributed by atoms with Crippen LogP contribution in [-0.4, -0.2) is 58.1 Å². The number of nitrogens with one attached hydrogen (secondary N) is 1. The van der Waals surface area contributed by atoms with Gasteiger partial charge in [-0.2, -0.15) is 0 Å². The zero-order valence-corrected chi connectivity index (χ0v) is 14.3. The minimum Gasteiger partial charge on any atom is -0.315 e. The minimum atomic E-state index is 1.04. The van der Waals surface area contributed by atoms with Crippen molar-refractivity contribution in [1.82, 2.24) is 25.0 Å². The summed E-state index contributed by atoms with van der Waals surface area (Å²) in [4.78, 5) is 2.44. The van der Waals surface area contributed by atoms with Crippen molar-refractivity contribution < 1.29 is 0 Å². The van der Waals surface area contributed by atoms with Gasteiger partial charge in [-0.05, 0) is 25.9 Å². The van der Waals surface area contributed by atoms with Gasteiger partial charge in [0, 0.05) is 38.4 Å². The summed E-state index contributed by atoms with van der Waals surface area (Å²) in [6, 6.07) is 0. The van der Waals surface area contributed by atoms with Crippen LogP contribution < -0.4 is 5.32 Å². The molecule has 1 aliphatic heterocycles. The molecule has 2 heterocycles. The normalized spacial score (nSPS) is 15.2. The number of nitrogens with zero attached hydrogens (tertiary/aromatic N) is 4. The summed E-state index contributed by atoms with van der Waals surface area (Å²) in [5, 5.41) is 13.3. The Morgan fingerprint density at radius 1 is 1.14 bits per heavy atom. The van der Waals surface area contributed by atoms with Crippen molar-refractivity contribution in [3.63, 3.8) is 0 Å². The van der Waals surface area contributed by atoms with E-state index in [-0.39, 0.29) is 0 Å². The molecule has 1 aliphatic rings. The number of aromatic nitrogens is 3. The largest absolute Gasteiger partial charge is 0.315 e. The zero-order chi connectivity index (χ0) is 14.9. The van der Waals surface area contributed by atoms with Crippen LogP contribution in [0.4, 0.5) is 0 Å². The Labute approximate surface area is 132 Å². The molecule has 0 radical (unpaired) electrons. The van der Waals surface area contributed by atoms with E-state index in [9.17, 15) is 0 Å². The van der Waals surface area contributed by atoms with Gasteiger partial charge in [0.05, 0.1) is 0 Å². The molecule has 21 heavy (non-hydrogen) atoms. The smallest absolute Gasteiger partial charge is 0.191 e. The predicted molar refractivity (Wildman–Crippen MR) is 89.0 cm³/mol. The molecule has 5 nitrogen and oxygen atoms in total. The van der Waals surface area contributed by atoms with E-state index in [1.165, 1.54) is 25.1 Å². The molecule has 0 saturated heterocycles. The van der Waals surface area contributed by atoms with Gasteiger partial charge in [-0.15, -0.1) is 10.2 Å². The van der Waals surface area contributed by atoms with Crippen molar-refractivity contribution >= 4 is 11.8 Å². The first kappa shape index (κ1) is 16.8. The Bertz CT molecular complexity index is 403. The number of rotatable bonds is 9. The van der Waals surface area contributed by atoms with E-state index in [4.69, 9.17) is 0 Å². The van der Waals surface area contributed by atoms with Gasteiger partial charge in [-0.1, -0.05) is 32.0 Å². The SMILES string of the molecule is CCN(CC)CCNCCSc1nnc2n1CCCCC2. The first-order chi connectivity index (χ1) is 10.3. The molecule has 2 rings (SSSR count). The van der Waals surface area contributed by atoms with Crippen molar-refractivity contribution in [2.75, 3.05) is 38.5 Å². The van der Waals surface area contributed by atoms with E-state index in [0.29, 0.717) is 0 Å². The first-order valence-corrected chi connectivity index (χ1v) is 9.31. The van der Waals surface area contributed by atoms with E-state index >= 15 is 0 Å². The lowest BCUT2D eigenvalue weighted by molar-refractivity contribution is 0.303. The second kappa shape index (κ2) is 9.43. The quantitative estimate of drug-likeness (QED) is 0.558. The second-order valence-corrected chi connectivity index (χ2v) is 6.55. The van der Waals surface area contributed by atoms with Gasteiger partial charge >= 0.3 is 0 Å². The molecule has 0 bridgehead atoms. The Balaban J connectivity index is 1.64. The molecule has 0 aromatic carbocycles. The molecule has 0 saturated carbocycles. The van der Waals surface area contributed by atoms with E-state index in [1.807, 2.05) is 11.8 Å². The molecule has 0 atom stereocenters. The summed E-state index contributed by atoms with van der Waals surface area (Å²) in [5.41, 5.74) is 0. The monoisotopic (exact) mass is 311 g/mol. The summed E-state index contributed by atoms with van der Waals surface area (Å²) < 4.78 is 2.33. The number of hydrogen-bond donors (Lipinski definition) is 1. The van der Waals surface area contributed by atoms with Crippen LogP contribution in [0.2, 0.25) is 0 Å². The Hall–Kier alpha value is -0.590. The van der Waals surface area contributed by atoms with Crippen LogP contribution in [0.3, 0.4) is 0 Å². The highest BCUT2D eigenvalue weighted by atomic mass is 32.2. The van der Waals surface area contributed by atoms with Crippen LogP contribution in [0.1, 0.15) is 38.9 Å². The lowest BCUT2D eigenvalue weighted by atomic mass is 10.2. The Kier molecular flexibility index (Phi) is 7.53. The van der Waals surface area contributed by atoms with Gasteiger partial charge in [0.25, 0.3) is 0 Å². The third-order valence-electron chi connectivity index (χ3n) is 4.08. The Morgan fingerprint density at radius 3 is 2.81 bits per heavy atom. The fourth-order valence-corrected chi connectivity index (χ4v) is 3.56. The van der Waals surface area contributed by atoms with Crippen molar-refractivity contribution in [2.45, 2.75) is 51.2 Å². The van der Waals surface area contributed by atoms with Crippen LogP contribution in [0.25, 0.3) is 0 Å². The summed E-state index contributed by atoms with van der Waals surface area (Å²) in [6.07, 6.45) is 4.94. The summed E-state index contributed by atoms with van der Waals surface area (Å²) >= 11 is 1.83. The Morgan fingerprint density at radius 2 is 2.00 bits per heavy atom. The lowest BCUT2D eigenvalue weighted by Gasteiger charge is -2.17. The maximum Gasteiger partial charge on any atom is 0.191 e. The van der Waals surface area contributed by atoms with Crippen molar-refractivity contribution in [3.8, 4) is 0 Å². The van der Waals surface area contributed by atoms with Crippen molar-refractivity contribution in [1.29, 1.82) is 0 Å². The molecule has 0 amide bonds. The van der Waals surface area contributed by atoms with Crippen molar-refractivity contribution in [2.24, 2.45) is 0 Å². The highest BCUT2D eigenvalue weighted by Gasteiger charge is 2.14. The van der Waals surface area contributed by atoms with Crippen LogP contribution in [0.5, 0.6) is 0 Å². The fraction of sp³-hybridized carbons (Fsp3) is 0.867. The molecule has 0 spiro atoms. The average Bonchev–Trinajstić information content (AvgIpc) is 2.74. The summed E-state index contributed by atoms with van der Waals surface area (Å²) in [7, 11) is 0. The van der Waals surface area contributed by atoms with E-state index < -0.39 is 0 Å². The van der Waals surface area contributed by atoms with Crippen molar-refractivity contribution in [3.05, 3.63) is 5.82 Å². The van der Waals surface area contributed by atoms with Crippen LogP contribution in [-0.2, 0) is 13.0 Å². The molecule has 1 aromatic rings. The summed E-state index contributed by atoms with van der Waals surface area (Å²) in [6.45, 7) is 11.1. The molecular weight excluding hydrogens is 282 g/mol. The average molecular weight is 311 g/mol. The third kappa shape index (κ3) is 5.27. The molecule has 0 unspecified atom stereocenters. The topological polar surface area (TPSA) is 46.0 Å². The van der Waals surface area contributed by atoms with E-state index in [0.717, 1.165) is 56.6 Å². The number of likely N-dealkylation sites (N-methyl/N-ethyl adjacent to an activating group) is 1. The van der Waals surface area contributed by atoms with Crippen LogP contribution >= 0.6 is 11.8 Å². The standard InChI is InChI=1S/C15H29N5S/c1-3-19(4-2)12-9-16-10-13-21-15-18-17-14-8-6-5-7-11-20(14)15/h16H,3-13H2,1-2H3. The second-order valence-electron chi connectivity index (χ2n) is 5.49. The van der Waals surface area contributed by atoms with Gasteiger partial charge in [0.15, 0.2) is 5.16 Å². The van der Waals surface area contributed by atoms with Crippen LogP contribution in [0.15, 0.2) is 5.16 Å². The zero-order valence-electron chi connectivity index (χ0n) is 13.5. The van der Waals surface area contributed by atoms with Gasteiger partial charge in [0.2, 0.25) is 0 Å². The molecule has 6 heteroatoms. The molecule has 0 aliphatic carbocycles. The third-order valence-corrected chi connectivity index (χ3v) is 5.05. The molecule has 1 N–H and O–H groups in total. The first-order valence-electron chi connectivity index (χ1n) is 8.33. The highest BCUT2D eigenvalue weighted by Crippen LogP contribution is 2.21. The predicted octanol–water partition coefficient (Wildman–Crippen LogP) is 2.03. The molecular formula is C15H29N5S. The number of thioether (sulfide) groups is 1. The van der Waals surface area contributed by atoms with Crippen LogP contribution in [0, 0.1) is 0 Å². The maximum absolute atomic E-state index is 4.35. The highest BCUT2D eigenvalue weighted by molar-refractivity contribution is 7.99. The van der Waals surface area contributed by atoms with Gasteiger partial charge in [-0.25, -0.2) is 0 Å². The number of fused-ring (bicyclic) bond motifs is 1. The molecule has 1 aromatic heterocycles. The molecule has 120 valence electrons. The summed E-state index contributed by atoms with van der Waals surface area (Å²) in [5.74, 6) is 2.25. The minimum absolute atomic E-state index is 1.04. The van der Waals surface area contributed by atoms with Gasteiger partial charge in [-0.3, -0.25) is 0 Å².